The van der Waals surface area contributed by atoms with Crippen molar-refractivity contribution in [2.75, 3.05) is 5.32 Å². The number of hydrogen-bond donors (Lipinski definition) is 1. The van der Waals surface area contributed by atoms with Gasteiger partial charge >= 0.3 is 6.61 Å². The number of ether oxygens (including phenoxy) is 1. The Morgan fingerprint density at radius 3 is 2.57 bits per heavy atom. The highest BCUT2D eigenvalue weighted by Gasteiger charge is 2.09. The van der Waals surface area contributed by atoms with Gasteiger partial charge in [0, 0.05) is 17.8 Å². The molecule has 0 aliphatic carbocycles. The SMILES string of the molecule is CC(Nc1cccc(OC(F)F)c1)c1ccc(F)c(Br)c1. The first kappa shape index (κ1) is 15.7. The molecule has 0 spiro atoms. The average Bonchev–Trinajstić information content (AvgIpc) is 2.41. The lowest BCUT2D eigenvalue weighted by Crippen LogP contribution is -2.07. The van der Waals surface area contributed by atoms with Crippen LogP contribution in [-0.4, -0.2) is 6.61 Å². The van der Waals surface area contributed by atoms with Crippen molar-refractivity contribution in [3.63, 3.8) is 0 Å². The summed E-state index contributed by atoms with van der Waals surface area (Å²) in [5, 5.41) is 3.15. The van der Waals surface area contributed by atoms with Gasteiger partial charge in [-0.25, -0.2) is 4.39 Å². The molecule has 0 saturated heterocycles. The van der Waals surface area contributed by atoms with Crippen LogP contribution in [0.15, 0.2) is 46.9 Å². The van der Waals surface area contributed by atoms with Crippen LogP contribution in [0.25, 0.3) is 0 Å². The van der Waals surface area contributed by atoms with Crippen molar-refractivity contribution in [1.29, 1.82) is 0 Å². The zero-order chi connectivity index (χ0) is 15.4. The summed E-state index contributed by atoms with van der Waals surface area (Å²) in [5.74, 6) is -0.249. The van der Waals surface area contributed by atoms with E-state index in [9.17, 15) is 13.2 Å². The first-order chi connectivity index (χ1) is 9.95. The van der Waals surface area contributed by atoms with E-state index in [1.54, 1.807) is 24.3 Å². The van der Waals surface area contributed by atoms with E-state index in [-0.39, 0.29) is 17.6 Å². The Morgan fingerprint density at radius 1 is 1.14 bits per heavy atom. The maximum absolute atomic E-state index is 13.2. The first-order valence-electron chi connectivity index (χ1n) is 6.22. The Morgan fingerprint density at radius 2 is 1.90 bits per heavy atom. The second-order valence-corrected chi connectivity index (χ2v) is 5.30. The molecule has 0 aliphatic rings. The van der Waals surface area contributed by atoms with E-state index in [0.29, 0.717) is 10.2 Å². The van der Waals surface area contributed by atoms with Crippen molar-refractivity contribution >= 4 is 21.6 Å². The lowest BCUT2D eigenvalue weighted by molar-refractivity contribution is -0.0498. The standard InChI is InChI=1S/C15H13BrF3NO/c1-9(10-5-6-14(17)13(16)7-10)20-11-3-2-4-12(8-11)21-15(18)19/h2-9,15,20H,1H3. The van der Waals surface area contributed by atoms with Crippen LogP contribution in [0.4, 0.5) is 18.9 Å². The van der Waals surface area contributed by atoms with Crippen molar-refractivity contribution in [3.8, 4) is 5.75 Å². The van der Waals surface area contributed by atoms with E-state index in [1.165, 1.54) is 18.2 Å². The Labute approximate surface area is 129 Å². The summed E-state index contributed by atoms with van der Waals surface area (Å²) in [7, 11) is 0. The second kappa shape index (κ2) is 6.85. The number of hydrogen-bond acceptors (Lipinski definition) is 2. The normalized spacial score (nSPS) is 12.3. The largest absolute Gasteiger partial charge is 0.435 e. The quantitative estimate of drug-likeness (QED) is 0.775. The van der Waals surface area contributed by atoms with Gasteiger partial charge in [0.2, 0.25) is 0 Å². The summed E-state index contributed by atoms with van der Waals surface area (Å²) >= 11 is 3.13. The molecular formula is C15H13BrF3NO. The fourth-order valence-corrected chi connectivity index (χ4v) is 2.27. The van der Waals surface area contributed by atoms with Gasteiger partial charge < -0.3 is 10.1 Å². The number of rotatable bonds is 5. The van der Waals surface area contributed by atoms with Crippen LogP contribution < -0.4 is 10.1 Å². The first-order valence-corrected chi connectivity index (χ1v) is 7.01. The van der Waals surface area contributed by atoms with E-state index in [4.69, 9.17) is 0 Å². The summed E-state index contributed by atoms with van der Waals surface area (Å²) in [4.78, 5) is 0. The maximum Gasteiger partial charge on any atom is 0.387 e. The second-order valence-electron chi connectivity index (χ2n) is 4.45. The lowest BCUT2D eigenvalue weighted by atomic mass is 10.1. The molecule has 1 unspecified atom stereocenters. The number of nitrogens with one attached hydrogen (secondary N) is 1. The van der Waals surface area contributed by atoms with Crippen molar-refractivity contribution in [3.05, 3.63) is 58.3 Å². The Hall–Kier alpha value is -1.69. The maximum atomic E-state index is 13.2. The van der Waals surface area contributed by atoms with E-state index in [1.807, 2.05) is 6.92 Å². The van der Waals surface area contributed by atoms with Crippen LogP contribution >= 0.6 is 15.9 Å². The van der Waals surface area contributed by atoms with Gasteiger partial charge in [0.25, 0.3) is 0 Å². The number of alkyl halides is 2. The molecule has 2 aromatic rings. The summed E-state index contributed by atoms with van der Waals surface area (Å²) in [6.45, 7) is -0.967. The van der Waals surface area contributed by atoms with Gasteiger partial charge in [0.1, 0.15) is 11.6 Å². The van der Waals surface area contributed by atoms with Gasteiger partial charge in [-0.3, -0.25) is 0 Å². The molecule has 0 saturated carbocycles. The average molecular weight is 360 g/mol. The molecule has 21 heavy (non-hydrogen) atoms. The highest BCUT2D eigenvalue weighted by atomic mass is 79.9. The predicted octanol–water partition coefficient (Wildman–Crippen LogP) is 5.36. The third kappa shape index (κ3) is 4.39. The van der Waals surface area contributed by atoms with Crippen LogP contribution in [-0.2, 0) is 0 Å². The molecule has 1 N–H and O–H groups in total. The molecule has 2 nitrogen and oxygen atoms in total. The third-order valence-corrected chi connectivity index (χ3v) is 3.49. The van der Waals surface area contributed by atoms with Crippen LogP contribution in [0.2, 0.25) is 0 Å². The van der Waals surface area contributed by atoms with Crippen molar-refractivity contribution in [1.82, 2.24) is 0 Å². The fourth-order valence-electron chi connectivity index (χ4n) is 1.88. The lowest BCUT2D eigenvalue weighted by Gasteiger charge is -2.17. The van der Waals surface area contributed by atoms with Gasteiger partial charge in [0.15, 0.2) is 0 Å². The Kier molecular flexibility index (Phi) is 5.12. The van der Waals surface area contributed by atoms with Crippen LogP contribution in [0, 0.1) is 5.82 Å². The van der Waals surface area contributed by atoms with Gasteiger partial charge in [0.05, 0.1) is 4.47 Å². The molecule has 0 radical (unpaired) electrons. The molecule has 0 amide bonds. The van der Waals surface area contributed by atoms with Crippen molar-refractivity contribution in [2.24, 2.45) is 0 Å². The van der Waals surface area contributed by atoms with Gasteiger partial charge in [-0.05, 0) is 52.7 Å². The minimum atomic E-state index is -2.86. The summed E-state index contributed by atoms with van der Waals surface area (Å²) in [6, 6.07) is 10.9. The summed E-state index contributed by atoms with van der Waals surface area (Å²) in [6.07, 6.45) is 0. The molecule has 0 fully saturated rings. The van der Waals surface area contributed by atoms with Crippen molar-refractivity contribution in [2.45, 2.75) is 19.6 Å². The zero-order valence-corrected chi connectivity index (χ0v) is 12.7. The van der Waals surface area contributed by atoms with E-state index >= 15 is 0 Å². The summed E-state index contributed by atoms with van der Waals surface area (Å²) in [5.41, 5.74) is 1.50. The molecule has 0 aromatic heterocycles. The molecule has 112 valence electrons. The van der Waals surface area contributed by atoms with E-state index in [2.05, 4.69) is 26.0 Å². The minimum Gasteiger partial charge on any atom is -0.435 e. The molecule has 0 aliphatic heterocycles. The summed E-state index contributed by atoms with van der Waals surface area (Å²) < 4.78 is 42.3. The van der Waals surface area contributed by atoms with E-state index in [0.717, 1.165) is 5.56 Å². The number of benzene rings is 2. The monoisotopic (exact) mass is 359 g/mol. The Bertz CT molecular complexity index is 622. The molecule has 6 heteroatoms. The molecule has 0 heterocycles. The van der Waals surface area contributed by atoms with Crippen LogP contribution in [0.3, 0.4) is 0 Å². The van der Waals surface area contributed by atoms with Gasteiger partial charge in [-0.2, -0.15) is 8.78 Å². The van der Waals surface area contributed by atoms with Gasteiger partial charge in [-0.1, -0.05) is 12.1 Å². The highest BCUT2D eigenvalue weighted by molar-refractivity contribution is 9.10. The fraction of sp³-hybridized carbons (Fsp3) is 0.200. The number of halogens is 4. The molecule has 2 aromatic carbocycles. The molecule has 2 rings (SSSR count). The van der Waals surface area contributed by atoms with Gasteiger partial charge in [-0.15, -0.1) is 0 Å². The Balaban J connectivity index is 2.11. The minimum absolute atomic E-state index is 0.0856. The topological polar surface area (TPSA) is 21.3 Å². The van der Waals surface area contributed by atoms with Crippen LogP contribution in [0.1, 0.15) is 18.5 Å². The molecular weight excluding hydrogens is 347 g/mol. The number of anilines is 1. The van der Waals surface area contributed by atoms with Crippen LogP contribution in [0.5, 0.6) is 5.75 Å². The molecule has 1 atom stereocenters. The molecule has 0 bridgehead atoms. The highest BCUT2D eigenvalue weighted by Crippen LogP contribution is 2.26. The van der Waals surface area contributed by atoms with Crippen molar-refractivity contribution < 1.29 is 17.9 Å². The smallest absolute Gasteiger partial charge is 0.387 e. The third-order valence-electron chi connectivity index (χ3n) is 2.89. The van der Waals surface area contributed by atoms with E-state index < -0.39 is 6.61 Å². The predicted molar refractivity (Wildman–Crippen MR) is 79.2 cm³/mol. The zero-order valence-electron chi connectivity index (χ0n) is 11.1.